The quantitative estimate of drug-likeness (QED) is 0.162. The van der Waals surface area contributed by atoms with Gasteiger partial charge in [-0.25, -0.2) is 15.0 Å². The molecule has 0 aliphatic rings. The van der Waals surface area contributed by atoms with Crippen molar-refractivity contribution in [1.29, 1.82) is 0 Å². The summed E-state index contributed by atoms with van der Waals surface area (Å²) < 4.78 is 4.93. The molecule has 5 heteroatoms. The van der Waals surface area contributed by atoms with Crippen LogP contribution in [0.2, 0.25) is 0 Å². The van der Waals surface area contributed by atoms with Crippen LogP contribution in [0.3, 0.4) is 0 Å². The van der Waals surface area contributed by atoms with Crippen molar-refractivity contribution in [3.8, 4) is 51.0 Å². The number of nitrogens with zero attached hydrogens (tertiary/aromatic N) is 4. The van der Waals surface area contributed by atoms with Crippen LogP contribution in [-0.4, -0.2) is 19.5 Å². The lowest BCUT2D eigenvalue weighted by atomic mass is 9.93. The van der Waals surface area contributed by atoms with Gasteiger partial charge in [0.15, 0.2) is 17.5 Å². The summed E-state index contributed by atoms with van der Waals surface area (Å²) in [5, 5.41) is 16.2. The molecule has 0 spiro atoms. The van der Waals surface area contributed by atoms with Crippen LogP contribution in [0.1, 0.15) is 0 Å². The number of thiophene rings is 1. The zero-order valence-electron chi connectivity index (χ0n) is 37.6. The maximum atomic E-state index is 5.68. The molecule has 0 atom stereocenters. The van der Waals surface area contributed by atoms with E-state index in [2.05, 4.69) is 235 Å². The Balaban J connectivity index is 1.09. The van der Waals surface area contributed by atoms with Gasteiger partial charge in [-0.15, -0.1) is 11.3 Å². The van der Waals surface area contributed by atoms with Crippen molar-refractivity contribution in [2.24, 2.45) is 0 Å². The van der Waals surface area contributed by atoms with Crippen LogP contribution in [0, 0.1) is 0 Å². The van der Waals surface area contributed by atoms with Crippen LogP contribution in [0.4, 0.5) is 0 Å². The molecule has 0 saturated carbocycles. The average Bonchev–Trinajstić information content (AvgIpc) is 3.96. The fourth-order valence-corrected chi connectivity index (χ4v) is 12.4. The number of fused-ring (bicyclic) bond motifs is 11. The van der Waals surface area contributed by atoms with Gasteiger partial charge in [-0.05, 0) is 126 Å². The standard InChI is InChI=1S/C65H38N4S/c1-2-17-40-37-57-55(36-39(40)16-1)50-26-11-13-29-56(50)69(57)45-32-33-52(54(38-45)51-28-15-31-59-60(51)53-27-12-14-30-58(53)70-59)63-66-64(61-46-22-7-3-18-41(46)34-42-19-4-8-23-47(42)61)68-65(67-63)62-48-24-9-5-20-43(48)35-44-21-6-10-25-49(44)62/h1-38H. The summed E-state index contributed by atoms with van der Waals surface area (Å²) in [5.41, 5.74) is 8.46. The fraction of sp³-hybridized carbons (Fsp3) is 0. The van der Waals surface area contributed by atoms with Gasteiger partial charge < -0.3 is 4.57 Å². The van der Waals surface area contributed by atoms with Crippen LogP contribution in [0.15, 0.2) is 231 Å². The van der Waals surface area contributed by atoms with Crippen molar-refractivity contribution in [3.63, 3.8) is 0 Å². The molecule has 0 bridgehead atoms. The first-order valence-corrected chi connectivity index (χ1v) is 24.6. The van der Waals surface area contributed by atoms with Gasteiger partial charge in [0.05, 0.1) is 11.0 Å². The Morgan fingerprint density at radius 2 is 0.771 bits per heavy atom. The molecule has 15 rings (SSSR count). The van der Waals surface area contributed by atoms with E-state index in [0.717, 1.165) is 87.6 Å². The Hall–Kier alpha value is -9.03. The molecule has 4 nitrogen and oxygen atoms in total. The van der Waals surface area contributed by atoms with Gasteiger partial charge in [-0.1, -0.05) is 170 Å². The van der Waals surface area contributed by atoms with Crippen molar-refractivity contribution in [2.75, 3.05) is 0 Å². The topological polar surface area (TPSA) is 43.6 Å². The Morgan fingerprint density at radius 3 is 1.39 bits per heavy atom. The maximum Gasteiger partial charge on any atom is 0.165 e. The molecular weight excluding hydrogens is 869 g/mol. The van der Waals surface area contributed by atoms with Crippen LogP contribution < -0.4 is 0 Å². The molecular formula is C65H38N4S. The third-order valence-corrected chi connectivity index (χ3v) is 15.5. The van der Waals surface area contributed by atoms with E-state index >= 15 is 0 Å². The van der Waals surface area contributed by atoms with Gasteiger partial charge >= 0.3 is 0 Å². The van der Waals surface area contributed by atoms with Crippen molar-refractivity contribution in [3.05, 3.63) is 231 Å². The Morgan fingerprint density at radius 1 is 0.286 bits per heavy atom. The molecule has 0 aliphatic heterocycles. The van der Waals surface area contributed by atoms with Crippen molar-refractivity contribution < 1.29 is 0 Å². The molecule has 0 N–H and O–H groups in total. The third kappa shape index (κ3) is 5.92. The number of para-hydroxylation sites is 1. The molecule has 324 valence electrons. The number of aromatic nitrogens is 4. The summed E-state index contributed by atoms with van der Waals surface area (Å²) in [4.78, 5) is 17.0. The van der Waals surface area contributed by atoms with E-state index < -0.39 is 0 Å². The smallest absolute Gasteiger partial charge is 0.165 e. The van der Waals surface area contributed by atoms with E-state index in [9.17, 15) is 0 Å². The summed E-state index contributed by atoms with van der Waals surface area (Å²) in [5.74, 6) is 1.88. The first kappa shape index (κ1) is 39.0. The number of hydrogen-bond acceptors (Lipinski definition) is 4. The van der Waals surface area contributed by atoms with Crippen molar-refractivity contribution in [1.82, 2.24) is 19.5 Å². The van der Waals surface area contributed by atoms with E-state index in [0.29, 0.717) is 17.5 Å². The van der Waals surface area contributed by atoms with Gasteiger partial charge in [0.1, 0.15) is 0 Å². The maximum absolute atomic E-state index is 5.68. The number of rotatable bonds is 5. The zero-order valence-corrected chi connectivity index (χ0v) is 38.5. The molecule has 3 heterocycles. The largest absolute Gasteiger partial charge is 0.309 e. The molecule has 0 saturated heterocycles. The lowest BCUT2D eigenvalue weighted by molar-refractivity contribution is 1.08. The van der Waals surface area contributed by atoms with Gasteiger partial charge in [0.25, 0.3) is 0 Å². The summed E-state index contributed by atoms with van der Waals surface area (Å²) in [6.45, 7) is 0. The second kappa shape index (κ2) is 15.2. The van der Waals surface area contributed by atoms with Crippen LogP contribution in [0.5, 0.6) is 0 Å². The summed E-state index contributed by atoms with van der Waals surface area (Å²) in [6, 6.07) is 83.5. The summed E-state index contributed by atoms with van der Waals surface area (Å²) in [7, 11) is 0. The lowest BCUT2D eigenvalue weighted by Gasteiger charge is -2.18. The minimum atomic E-state index is 0.611. The normalized spacial score (nSPS) is 12.0. The number of benzene rings is 12. The third-order valence-electron chi connectivity index (χ3n) is 14.4. The van der Waals surface area contributed by atoms with Crippen molar-refractivity contribution in [2.45, 2.75) is 0 Å². The van der Waals surface area contributed by atoms with Gasteiger partial charge in [-0.2, -0.15) is 0 Å². The minimum absolute atomic E-state index is 0.611. The Kier molecular flexibility index (Phi) is 8.49. The van der Waals surface area contributed by atoms with Crippen LogP contribution >= 0.6 is 11.3 Å². The molecule has 70 heavy (non-hydrogen) atoms. The van der Waals surface area contributed by atoms with E-state index in [1.807, 2.05) is 11.3 Å². The highest BCUT2D eigenvalue weighted by atomic mass is 32.1. The molecule has 0 fully saturated rings. The molecule has 0 unspecified atom stereocenters. The van der Waals surface area contributed by atoms with Gasteiger partial charge in [0, 0.05) is 53.3 Å². The van der Waals surface area contributed by atoms with E-state index in [-0.39, 0.29) is 0 Å². The summed E-state index contributed by atoms with van der Waals surface area (Å²) in [6.07, 6.45) is 0. The Labute approximate surface area is 406 Å². The van der Waals surface area contributed by atoms with E-state index in [1.54, 1.807) is 0 Å². The highest BCUT2D eigenvalue weighted by molar-refractivity contribution is 7.25. The van der Waals surface area contributed by atoms with E-state index in [4.69, 9.17) is 15.0 Å². The predicted octanol–water partition coefficient (Wildman–Crippen LogP) is 17.8. The second-order valence-corrected chi connectivity index (χ2v) is 19.4. The summed E-state index contributed by atoms with van der Waals surface area (Å²) >= 11 is 1.84. The predicted molar refractivity (Wildman–Crippen MR) is 296 cm³/mol. The average molecular weight is 907 g/mol. The number of hydrogen-bond donors (Lipinski definition) is 0. The van der Waals surface area contributed by atoms with Gasteiger partial charge in [0.2, 0.25) is 0 Å². The monoisotopic (exact) mass is 906 g/mol. The molecule has 15 aromatic rings. The SMILES string of the molecule is c1ccc2cc3c(cc2c1)c1ccccc1n3-c1ccc(-c2nc(-c3c4ccccc4cc4ccccc34)nc(-c3c4ccccc4cc4ccccc34)n2)c(-c2cccc3sc4ccccc4c23)c1. The van der Waals surface area contributed by atoms with Gasteiger partial charge in [-0.3, -0.25) is 0 Å². The second-order valence-electron chi connectivity index (χ2n) is 18.3. The fourth-order valence-electron chi connectivity index (χ4n) is 11.3. The first-order chi connectivity index (χ1) is 34.7. The lowest BCUT2D eigenvalue weighted by Crippen LogP contribution is -2.03. The van der Waals surface area contributed by atoms with E-state index in [1.165, 1.54) is 41.7 Å². The van der Waals surface area contributed by atoms with Crippen LogP contribution in [-0.2, 0) is 0 Å². The molecule has 3 aromatic heterocycles. The molecule has 12 aromatic carbocycles. The highest BCUT2D eigenvalue weighted by Gasteiger charge is 2.24. The molecule has 0 amide bonds. The van der Waals surface area contributed by atoms with Crippen LogP contribution in [0.25, 0.3) is 147 Å². The minimum Gasteiger partial charge on any atom is -0.309 e. The Bertz CT molecular complexity index is 4430. The molecule has 0 radical (unpaired) electrons. The zero-order chi connectivity index (χ0) is 45.9. The van der Waals surface area contributed by atoms with Crippen molar-refractivity contribution >= 4 is 107 Å². The highest BCUT2D eigenvalue weighted by Crippen LogP contribution is 2.46. The molecule has 0 aliphatic carbocycles. The first-order valence-electron chi connectivity index (χ1n) is 23.8.